The maximum atomic E-state index is 12.1. The van der Waals surface area contributed by atoms with Crippen molar-refractivity contribution in [1.29, 1.82) is 0 Å². The first-order valence-electron chi connectivity index (χ1n) is 7.26. The molecule has 6 nitrogen and oxygen atoms in total. The van der Waals surface area contributed by atoms with Gasteiger partial charge >= 0.3 is 0 Å². The van der Waals surface area contributed by atoms with Gasteiger partial charge in [-0.15, -0.1) is 0 Å². The number of hydrogen-bond acceptors (Lipinski definition) is 4. The predicted octanol–water partition coefficient (Wildman–Crippen LogP) is 0.700. The van der Waals surface area contributed by atoms with Crippen LogP contribution < -0.4 is 0 Å². The summed E-state index contributed by atoms with van der Waals surface area (Å²) < 4.78 is 38.3. The van der Waals surface area contributed by atoms with Crippen LogP contribution in [0.15, 0.2) is 0 Å². The Balaban J connectivity index is 1.89. The molecule has 1 unspecified atom stereocenters. The van der Waals surface area contributed by atoms with Gasteiger partial charge < -0.3 is 9.47 Å². The number of hydrogen-bond donors (Lipinski definition) is 0. The molecule has 0 aromatic carbocycles. The van der Waals surface area contributed by atoms with Crippen LogP contribution in [0.25, 0.3) is 0 Å². The van der Waals surface area contributed by atoms with E-state index in [2.05, 4.69) is 0 Å². The number of piperidine rings is 1. The summed E-state index contributed by atoms with van der Waals surface area (Å²) in [5.41, 5.74) is 0.153. The zero-order valence-corrected chi connectivity index (χ0v) is 13.5. The Bertz CT molecular complexity index is 416. The highest BCUT2D eigenvalue weighted by molar-refractivity contribution is 7.86. The summed E-state index contributed by atoms with van der Waals surface area (Å²) in [5.74, 6) is 0. The van der Waals surface area contributed by atoms with Crippen molar-refractivity contribution in [3.63, 3.8) is 0 Å². The molecule has 2 rings (SSSR count). The van der Waals surface area contributed by atoms with E-state index in [1.807, 2.05) is 6.92 Å². The first-order valence-corrected chi connectivity index (χ1v) is 8.66. The third-order valence-electron chi connectivity index (χ3n) is 4.36. The van der Waals surface area contributed by atoms with Crippen LogP contribution in [-0.4, -0.2) is 70.1 Å². The molecule has 0 aliphatic carbocycles. The standard InChI is InChI=1S/C13H26N2O4S/c1-4-18-10-12-9-13(11-19-12)5-7-15(8-6-13)20(16,17)14(2)3/h12H,4-11H2,1-3H3. The van der Waals surface area contributed by atoms with E-state index in [1.165, 1.54) is 4.31 Å². The summed E-state index contributed by atoms with van der Waals surface area (Å²) in [5, 5.41) is 0. The minimum atomic E-state index is -3.27. The molecule has 0 radical (unpaired) electrons. The molecule has 7 heteroatoms. The van der Waals surface area contributed by atoms with Crippen molar-refractivity contribution in [2.75, 3.05) is 47.0 Å². The molecule has 20 heavy (non-hydrogen) atoms. The highest BCUT2D eigenvalue weighted by atomic mass is 32.2. The van der Waals surface area contributed by atoms with Gasteiger partial charge in [0, 0.05) is 33.8 Å². The maximum absolute atomic E-state index is 12.1. The summed E-state index contributed by atoms with van der Waals surface area (Å²) in [6.45, 7) is 5.26. The Hall–Kier alpha value is -0.210. The highest BCUT2D eigenvalue weighted by Crippen LogP contribution is 2.42. The summed E-state index contributed by atoms with van der Waals surface area (Å²) in [4.78, 5) is 0. The van der Waals surface area contributed by atoms with Gasteiger partial charge in [-0.05, 0) is 31.6 Å². The summed E-state index contributed by atoms with van der Waals surface area (Å²) in [7, 11) is -0.113. The first-order chi connectivity index (χ1) is 9.39. The highest BCUT2D eigenvalue weighted by Gasteiger charge is 2.44. The summed E-state index contributed by atoms with van der Waals surface area (Å²) >= 11 is 0. The number of nitrogens with zero attached hydrogens (tertiary/aromatic N) is 2. The van der Waals surface area contributed by atoms with Crippen LogP contribution >= 0.6 is 0 Å². The lowest BCUT2D eigenvalue weighted by molar-refractivity contribution is 0.0172. The topological polar surface area (TPSA) is 59.1 Å². The monoisotopic (exact) mass is 306 g/mol. The van der Waals surface area contributed by atoms with E-state index in [0.29, 0.717) is 26.3 Å². The van der Waals surface area contributed by atoms with Crippen LogP contribution in [0.1, 0.15) is 26.2 Å². The Morgan fingerprint density at radius 1 is 1.35 bits per heavy atom. The Labute approximate surface area is 122 Å². The molecule has 1 atom stereocenters. The smallest absolute Gasteiger partial charge is 0.281 e. The molecule has 2 aliphatic heterocycles. The van der Waals surface area contributed by atoms with E-state index in [-0.39, 0.29) is 11.5 Å². The third-order valence-corrected chi connectivity index (χ3v) is 6.31. The van der Waals surface area contributed by atoms with E-state index in [0.717, 1.165) is 25.9 Å². The molecule has 0 amide bonds. The van der Waals surface area contributed by atoms with Crippen molar-refractivity contribution in [3.05, 3.63) is 0 Å². The van der Waals surface area contributed by atoms with Crippen LogP contribution in [0, 0.1) is 5.41 Å². The van der Waals surface area contributed by atoms with Crippen molar-refractivity contribution in [2.24, 2.45) is 5.41 Å². The van der Waals surface area contributed by atoms with Crippen molar-refractivity contribution in [2.45, 2.75) is 32.3 Å². The zero-order valence-electron chi connectivity index (χ0n) is 12.7. The number of ether oxygens (including phenoxy) is 2. The Morgan fingerprint density at radius 2 is 2.00 bits per heavy atom. The van der Waals surface area contributed by atoms with Crippen LogP contribution in [0.2, 0.25) is 0 Å². The second-order valence-corrected chi connectivity index (χ2v) is 8.13. The largest absolute Gasteiger partial charge is 0.379 e. The molecular weight excluding hydrogens is 280 g/mol. The lowest BCUT2D eigenvalue weighted by Gasteiger charge is -2.38. The quantitative estimate of drug-likeness (QED) is 0.750. The van der Waals surface area contributed by atoms with E-state index in [9.17, 15) is 8.42 Å². The van der Waals surface area contributed by atoms with Gasteiger partial charge in [-0.3, -0.25) is 0 Å². The normalized spacial score (nSPS) is 27.5. The van der Waals surface area contributed by atoms with Gasteiger partial charge in [-0.1, -0.05) is 0 Å². The van der Waals surface area contributed by atoms with Crippen molar-refractivity contribution in [3.8, 4) is 0 Å². The lowest BCUT2D eigenvalue weighted by Crippen LogP contribution is -2.47. The molecule has 1 spiro atoms. The molecule has 0 aromatic rings. The van der Waals surface area contributed by atoms with Crippen molar-refractivity contribution >= 4 is 10.2 Å². The SMILES string of the molecule is CCOCC1CC2(CCN(S(=O)(=O)N(C)C)CC2)CO1. The molecule has 118 valence electrons. The summed E-state index contributed by atoms with van der Waals surface area (Å²) in [6.07, 6.45) is 2.92. The predicted molar refractivity (Wildman–Crippen MR) is 76.7 cm³/mol. The van der Waals surface area contributed by atoms with Gasteiger partial charge in [-0.2, -0.15) is 17.0 Å². The minimum absolute atomic E-state index is 0.153. The fourth-order valence-electron chi connectivity index (χ4n) is 3.02. The maximum Gasteiger partial charge on any atom is 0.281 e. The van der Waals surface area contributed by atoms with Gasteiger partial charge in [0.1, 0.15) is 0 Å². The van der Waals surface area contributed by atoms with Crippen LogP contribution in [0.5, 0.6) is 0 Å². The Kier molecular flexibility index (Phi) is 5.07. The second kappa shape index (κ2) is 6.27. The molecule has 0 bridgehead atoms. The van der Waals surface area contributed by atoms with Gasteiger partial charge in [0.2, 0.25) is 0 Å². The van der Waals surface area contributed by atoms with Gasteiger partial charge in [0.05, 0.1) is 19.3 Å². The van der Waals surface area contributed by atoms with Crippen LogP contribution in [-0.2, 0) is 19.7 Å². The van der Waals surface area contributed by atoms with E-state index in [1.54, 1.807) is 18.4 Å². The molecule has 2 aliphatic rings. The molecular formula is C13H26N2O4S. The van der Waals surface area contributed by atoms with Crippen molar-refractivity contribution < 1.29 is 17.9 Å². The molecule has 2 heterocycles. The molecule has 0 saturated carbocycles. The second-order valence-electron chi connectivity index (χ2n) is 5.99. The van der Waals surface area contributed by atoms with Gasteiger partial charge in [0.15, 0.2) is 0 Å². The zero-order chi connectivity index (χ0) is 14.8. The minimum Gasteiger partial charge on any atom is -0.379 e. The molecule has 0 aromatic heterocycles. The van der Waals surface area contributed by atoms with E-state index < -0.39 is 10.2 Å². The molecule has 2 saturated heterocycles. The van der Waals surface area contributed by atoms with E-state index in [4.69, 9.17) is 9.47 Å². The fourth-order valence-corrected chi connectivity index (χ4v) is 4.13. The third kappa shape index (κ3) is 3.33. The Morgan fingerprint density at radius 3 is 2.55 bits per heavy atom. The van der Waals surface area contributed by atoms with Crippen LogP contribution in [0.3, 0.4) is 0 Å². The van der Waals surface area contributed by atoms with E-state index >= 15 is 0 Å². The average Bonchev–Trinajstić information content (AvgIpc) is 2.80. The summed E-state index contributed by atoms with van der Waals surface area (Å²) in [6, 6.07) is 0. The molecule has 2 fully saturated rings. The molecule has 0 N–H and O–H groups in total. The van der Waals surface area contributed by atoms with Crippen LogP contribution in [0.4, 0.5) is 0 Å². The lowest BCUT2D eigenvalue weighted by atomic mass is 9.77. The van der Waals surface area contributed by atoms with Gasteiger partial charge in [-0.25, -0.2) is 0 Å². The van der Waals surface area contributed by atoms with Gasteiger partial charge in [0.25, 0.3) is 10.2 Å². The van der Waals surface area contributed by atoms with Crippen molar-refractivity contribution in [1.82, 2.24) is 8.61 Å². The fraction of sp³-hybridized carbons (Fsp3) is 1.00. The average molecular weight is 306 g/mol. The number of rotatable bonds is 5. The first kappa shape index (κ1) is 16.2.